The fourth-order valence-corrected chi connectivity index (χ4v) is 6.20. The summed E-state index contributed by atoms with van der Waals surface area (Å²) < 4.78 is 5.60. The molecule has 0 bridgehead atoms. The van der Waals surface area contributed by atoms with E-state index in [0.29, 0.717) is 25.3 Å². The predicted octanol–water partition coefficient (Wildman–Crippen LogP) is 4.41. The number of fused-ring (bicyclic) bond motifs is 4. The molecule has 0 radical (unpaired) electrons. The van der Waals surface area contributed by atoms with Gasteiger partial charge in [-0.25, -0.2) is 4.79 Å². The molecule has 1 heterocycles. The Morgan fingerprint density at radius 3 is 2.34 bits per heavy atom. The Labute approximate surface area is 205 Å². The second kappa shape index (κ2) is 9.72. The number of carbonyl (C=O) groups is 3. The average Bonchev–Trinajstić information content (AvgIpc) is 3.41. The number of carboxylic acid groups (broad SMARTS) is 1. The SMILES string of the molecule is C[C@@H](CC(=O)N1CCC2CCC(C(=O)O)CC21)NC(=O)OCC1c2ccccc2-c2ccccc21. The molecule has 1 saturated heterocycles. The molecule has 4 atom stereocenters. The molecule has 7 nitrogen and oxygen atoms in total. The van der Waals surface area contributed by atoms with Crippen LogP contribution in [0.1, 0.15) is 56.1 Å². The van der Waals surface area contributed by atoms with E-state index in [1.165, 1.54) is 11.1 Å². The number of likely N-dealkylation sites (tertiary alicyclic amines) is 1. The van der Waals surface area contributed by atoms with Crippen LogP contribution in [-0.4, -0.2) is 53.2 Å². The van der Waals surface area contributed by atoms with E-state index in [-0.39, 0.29) is 42.9 Å². The number of hydrogen-bond donors (Lipinski definition) is 2. The number of rotatable bonds is 6. The molecule has 2 N–H and O–H groups in total. The molecule has 2 aliphatic carbocycles. The van der Waals surface area contributed by atoms with Crippen molar-refractivity contribution in [3.05, 3.63) is 59.7 Å². The smallest absolute Gasteiger partial charge is 0.407 e. The molecular formula is C28H32N2O5. The van der Waals surface area contributed by atoms with Gasteiger partial charge in [0.05, 0.1) is 5.92 Å². The molecule has 3 aliphatic rings. The van der Waals surface area contributed by atoms with Crippen LogP contribution >= 0.6 is 0 Å². The summed E-state index contributed by atoms with van der Waals surface area (Å²) in [6.07, 6.45) is 2.65. The van der Waals surface area contributed by atoms with Gasteiger partial charge in [0.25, 0.3) is 0 Å². The van der Waals surface area contributed by atoms with E-state index >= 15 is 0 Å². The highest BCUT2D eigenvalue weighted by atomic mass is 16.5. The molecule has 0 spiro atoms. The first-order valence-corrected chi connectivity index (χ1v) is 12.6. The molecular weight excluding hydrogens is 444 g/mol. The molecule has 3 unspecified atom stereocenters. The largest absolute Gasteiger partial charge is 0.481 e. The quantitative estimate of drug-likeness (QED) is 0.644. The number of benzene rings is 2. The Balaban J connectivity index is 1.14. The summed E-state index contributed by atoms with van der Waals surface area (Å²) in [6.45, 7) is 2.69. The van der Waals surface area contributed by atoms with Crippen molar-refractivity contribution in [2.75, 3.05) is 13.2 Å². The Morgan fingerprint density at radius 1 is 1.03 bits per heavy atom. The lowest BCUT2D eigenvalue weighted by atomic mass is 9.78. The van der Waals surface area contributed by atoms with E-state index in [2.05, 4.69) is 29.6 Å². The standard InChI is InChI=1S/C28H32N2O5/c1-17(14-26(31)30-13-12-18-10-11-19(27(32)33)15-25(18)30)29-28(34)35-16-24-22-8-4-2-6-20(22)21-7-3-5-9-23(21)24/h2-9,17-19,24-25H,10-16H2,1H3,(H,29,34)(H,32,33)/t17-,18?,19?,25?/m0/s1. The maximum atomic E-state index is 13.0. The van der Waals surface area contributed by atoms with Crippen LogP contribution in [0.5, 0.6) is 0 Å². The van der Waals surface area contributed by atoms with Gasteiger partial charge in [0.2, 0.25) is 5.91 Å². The number of amides is 2. The van der Waals surface area contributed by atoms with Crippen molar-refractivity contribution in [3.8, 4) is 11.1 Å². The van der Waals surface area contributed by atoms with Crippen molar-refractivity contribution in [2.45, 2.75) is 57.0 Å². The van der Waals surface area contributed by atoms with Gasteiger partial charge in [-0.3, -0.25) is 9.59 Å². The predicted molar refractivity (Wildman–Crippen MR) is 131 cm³/mol. The van der Waals surface area contributed by atoms with Gasteiger partial charge in [-0.1, -0.05) is 48.5 Å². The molecule has 1 aliphatic heterocycles. The van der Waals surface area contributed by atoms with Crippen LogP contribution in [0, 0.1) is 11.8 Å². The Kier molecular flexibility index (Phi) is 6.50. The van der Waals surface area contributed by atoms with Crippen molar-refractivity contribution < 1.29 is 24.2 Å². The summed E-state index contributed by atoms with van der Waals surface area (Å²) >= 11 is 0. The second-order valence-corrected chi connectivity index (χ2v) is 10.1. The maximum absolute atomic E-state index is 13.0. The van der Waals surface area contributed by atoms with Gasteiger partial charge >= 0.3 is 12.1 Å². The zero-order chi connectivity index (χ0) is 24.5. The summed E-state index contributed by atoms with van der Waals surface area (Å²) in [5.41, 5.74) is 4.65. The molecule has 5 rings (SSSR count). The average molecular weight is 477 g/mol. The molecule has 35 heavy (non-hydrogen) atoms. The van der Waals surface area contributed by atoms with E-state index < -0.39 is 12.1 Å². The third kappa shape index (κ3) is 4.64. The highest BCUT2D eigenvalue weighted by molar-refractivity contribution is 5.80. The monoisotopic (exact) mass is 476 g/mol. The summed E-state index contributed by atoms with van der Waals surface area (Å²) in [5, 5.41) is 12.2. The first-order chi connectivity index (χ1) is 16.9. The Morgan fingerprint density at radius 2 is 1.69 bits per heavy atom. The molecule has 0 aromatic heterocycles. The first kappa shape index (κ1) is 23.4. The van der Waals surface area contributed by atoms with Crippen LogP contribution in [0.4, 0.5) is 4.79 Å². The fraction of sp³-hybridized carbons (Fsp3) is 0.464. The summed E-state index contributed by atoms with van der Waals surface area (Å²) in [5.74, 6) is -0.802. The van der Waals surface area contributed by atoms with Crippen LogP contribution in [-0.2, 0) is 14.3 Å². The van der Waals surface area contributed by atoms with E-state index in [0.717, 1.165) is 24.0 Å². The zero-order valence-electron chi connectivity index (χ0n) is 20.0. The molecule has 7 heteroatoms. The van der Waals surface area contributed by atoms with Gasteiger partial charge in [-0.05, 0) is 60.8 Å². The van der Waals surface area contributed by atoms with Gasteiger partial charge < -0.3 is 20.1 Å². The zero-order valence-corrected chi connectivity index (χ0v) is 20.0. The summed E-state index contributed by atoms with van der Waals surface area (Å²) in [6, 6.07) is 16.0. The fourth-order valence-electron chi connectivity index (χ4n) is 6.20. The van der Waals surface area contributed by atoms with Gasteiger partial charge in [0.15, 0.2) is 0 Å². The number of nitrogens with zero attached hydrogens (tertiary/aromatic N) is 1. The lowest BCUT2D eigenvalue weighted by Gasteiger charge is -2.35. The van der Waals surface area contributed by atoms with Crippen LogP contribution < -0.4 is 5.32 Å². The molecule has 2 fully saturated rings. The molecule has 2 amide bonds. The number of alkyl carbamates (subject to hydrolysis) is 1. The number of carboxylic acids is 1. The normalized spacial score (nSPS) is 23.7. The molecule has 2 aromatic carbocycles. The van der Waals surface area contributed by atoms with Gasteiger partial charge in [-0.15, -0.1) is 0 Å². The third-order valence-electron chi connectivity index (χ3n) is 7.96. The third-order valence-corrected chi connectivity index (χ3v) is 7.96. The molecule has 184 valence electrons. The summed E-state index contributed by atoms with van der Waals surface area (Å²) in [7, 11) is 0. The minimum absolute atomic E-state index is 0.000922. The van der Waals surface area contributed by atoms with Crippen LogP contribution in [0.15, 0.2) is 48.5 Å². The van der Waals surface area contributed by atoms with E-state index in [1.54, 1.807) is 6.92 Å². The van der Waals surface area contributed by atoms with Crippen molar-refractivity contribution >= 4 is 18.0 Å². The van der Waals surface area contributed by atoms with Gasteiger partial charge in [0, 0.05) is 31.0 Å². The van der Waals surface area contributed by atoms with Crippen molar-refractivity contribution in [1.82, 2.24) is 10.2 Å². The van der Waals surface area contributed by atoms with E-state index in [9.17, 15) is 19.5 Å². The minimum Gasteiger partial charge on any atom is -0.481 e. The van der Waals surface area contributed by atoms with Gasteiger partial charge in [-0.2, -0.15) is 0 Å². The Hall–Kier alpha value is -3.35. The summed E-state index contributed by atoms with van der Waals surface area (Å²) in [4.78, 5) is 38.8. The van der Waals surface area contributed by atoms with Crippen LogP contribution in [0.2, 0.25) is 0 Å². The van der Waals surface area contributed by atoms with E-state index in [1.807, 2.05) is 29.2 Å². The first-order valence-electron chi connectivity index (χ1n) is 12.6. The van der Waals surface area contributed by atoms with Gasteiger partial charge in [0.1, 0.15) is 6.61 Å². The van der Waals surface area contributed by atoms with Crippen molar-refractivity contribution in [1.29, 1.82) is 0 Å². The number of carbonyl (C=O) groups excluding carboxylic acids is 2. The van der Waals surface area contributed by atoms with Crippen LogP contribution in [0.25, 0.3) is 11.1 Å². The van der Waals surface area contributed by atoms with Crippen molar-refractivity contribution in [2.24, 2.45) is 11.8 Å². The lowest BCUT2D eigenvalue weighted by Crippen LogP contribution is -2.45. The van der Waals surface area contributed by atoms with Crippen molar-refractivity contribution in [3.63, 3.8) is 0 Å². The van der Waals surface area contributed by atoms with E-state index in [4.69, 9.17) is 4.74 Å². The maximum Gasteiger partial charge on any atom is 0.407 e. The number of ether oxygens (including phenoxy) is 1. The number of hydrogen-bond acceptors (Lipinski definition) is 4. The Bertz CT molecular complexity index is 1090. The molecule has 1 saturated carbocycles. The lowest BCUT2D eigenvalue weighted by molar-refractivity contribution is -0.145. The highest BCUT2D eigenvalue weighted by Crippen LogP contribution is 2.44. The number of aliphatic carboxylic acids is 1. The number of nitrogens with one attached hydrogen (secondary N) is 1. The minimum atomic E-state index is -0.770. The topological polar surface area (TPSA) is 95.9 Å². The highest BCUT2D eigenvalue weighted by Gasteiger charge is 2.42. The molecule has 2 aromatic rings. The van der Waals surface area contributed by atoms with Crippen LogP contribution in [0.3, 0.4) is 0 Å². The second-order valence-electron chi connectivity index (χ2n) is 10.1.